The maximum Gasteiger partial charge on any atom is 0.251 e. The van der Waals surface area contributed by atoms with Crippen LogP contribution in [0.4, 0.5) is 10.1 Å². The fraction of sp³-hybridized carbons (Fsp3) is 0.292. The zero-order valence-corrected chi connectivity index (χ0v) is 19.8. The van der Waals surface area contributed by atoms with Crippen LogP contribution in [0, 0.1) is 12.7 Å². The average Bonchev–Trinajstić information content (AvgIpc) is 2.80. The Morgan fingerprint density at radius 1 is 1.12 bits per heavy atom. The van der Waals surface area contributed by atoms with E-state index in [9.17, 15) is 14.0 Å². The molecule has 2 aromatic carbocycles. The Morgan fingerprint density at radius 3 is 2.58 bits per heavy atom. The molecule has 3 aromatic rings. The van der Waals surface area contributed by atoms with Gasteiger partial charge in [0.1, 0.15) is 5.82 Å². The highest BCUT2D eigenvalue weighted by Crippen LogP contribution is 2.25. The van der Waals surface area contributed by atoms with Gasteiger partial charge >= 0.3 is 0 Å². The average molecular weight is 487 g/mol. The van der Waals surface area contributed by atoms with Crippen LogP contribution in [-0.2, 0) is 17.0 Å². The van der Waals surface area contributed by atoms with Gasteiger partial charge in [0.2, 0.25) is 5.91 Å². The van der Waals surface area contributed by atoms with Crippen LogP contribution in [0.5, 0.6) is 0 Å². The van der Waals surface area contributed by atoms with Crippen molar-refractivity contribution in [1.29, 1.82) is 0 Å². The summed E-state index contributed by atoms with van der Waals surface area (Å²) in [5.41, 5.74) is 3.30. The number of carbonyl (C=O) groups is 1. The normalized spacial score (nSPS) is 13.9. The first kappa shape index (κ1) is 23.3. The largest absolute Gasteiger partial charge is 0.368 e. The van der Waals surface area contributed by atoms with Gasteiger partial charge < -0.3 is 14.8 Å². The predicted molar refractivity (Wildman–Crippen MR) is 130 cm³/mol. The number of H-pyrrole nitrogens is 1. The topological polar surface area (TPSA) is 69.3 Å². The molecule has 0 spiro atoms. The maximum absolute atomic E-state index is 13.1. The highest BCUT2D eigenvalue weighted by atomic mass is 35.5. The number of anilines is 1. The van der Waals surface area contributed by atoms with Gasteiger partial charge in [0, 0.05) is 48.7 Å². The van der Waals surface area contributed by atoms with Gasteiger partial charge in [0.15, 0.2) is 5.16 Å². The summed E-state index contributed by atoms with van der Waals surface area (Å²) in [7, 11) is 0. The van der Waals surface area contributed by atoms with Gasteiger partial charge in [-0.3, -0.25) is 9.59 Å². The molecule has 0 radical (unpaired) electrons. The van der Waals surface area contributed by atoms with Crippen LogP contribution < -0.4 is 10.5 Å². The second kappa shape index (κ2) is 10.4. The number of carbonyl (C=O) groups excluding carboxylic acids is 1. The van der Waals surface area contributed by atoms with Crippen molar-refractivity contribution in [3.05, 3.63) is 86.5 Å². The third-order valence-corrected chi connectivity index (χ3v) is 6.72. The number of benzene rings is 2. The molecule has 1 aliphatic heterocycles. The van der Waals surface area contributed by atoms with Gasteiger partial charge in [-0.1, -0.05) is 41.6 Å². The van der Waals surface area contributed by atoms with Crippen LogP contribution in [0.15, 0.2) is 58.5 Å². The lowest BCUT2D eigenvalue weighted by Crippen LogP contribution is -2.49. The van der Waals surface area contributed by atoms with E-state index in [1.165, 1.54) is 30.0 Å². The molecule has 1 N–H and O–H groups in total. The number of hydrogen-bond donors (Lipinski definition) is 1. The third-order valence-electron chi connectivity index (χ3n) is 5.54. The predicted octanol–water partition coefficient (Wildman–Crippen LogP) is 4.05. The summed E-state index contributed by atoms with van der Waals surface area (Å²) in [4.78, 5) is 36.1. The standard InChI is InChI=1S/C24H24ClFN4O2S/c1-16-2-5-18(25)12-21(16)29-8-10-30(11-9-29)23(32)14-20-13-22(31)28-24(27-20)33-15-17-3-6-19(26)7-4-17/h2-7,12-13H,8-11,14-15H2,1H3,(H,27,28,31). The number of piperazine rings is 1. The van der Waals surface area contributed by atoms with Crippen LogP contribution in [0.1, 0.15) is 16.8 Å². The summed E-state index contributed by atoms with van der Waals surface area (Å²) in [6.45, 7) is 4.68. The van der Waals surface area contributed by atoms with E-state index in [1.54, 1.807) is 12.1 Å². The first-order valence-corrected chi connectivity index (χ1v) is 12.0. The summed E-state index contributed by atoms with van der Waals surface area (Å²) in [5.74, 6) is 0.190. The smallest absolute Gasteiger partial charge is 0.251 e. The Hall–Kier alpha value is -2.84. The molecule has 1 aromatic heterocycles. The molecule has 9 heteroatoms. The summed E-state index contributed by atoms with van der Waals surface area (Å²) >= 11 is 7.49. The molecule has 2 heterocycles. The molecule has 1 aliphatic rings. The molecule has 1 saturated heterocycles. The Kier molecular flexibility index (Phi) is 7.35. The zero-order chi connectivity index (χ0) is 23.4. The van der Waals surface area contributed by atoms with Crippen LogP contribution in [0.3, 0.4) is 0 Å². The van der Waals surface area contributed by atoms with Crippen LogP contribution in [-0.4, -0.2) is 47.0 Å². The quantitative estimate of drug-likeness (QED) is 0.420. The number of amides is 1. The number of nitrogens with one attached hydrogen (secondary N) is 1. The van der Waals surface area contributed by atoms with E-state index in [0.717, 1.165) is 16.8 Å². The summed E-state index contributed by atoms with van der Waals surface area (Å²) in [5, 5.41) is 1.14. The molecule has 1 fully saturated rings. The molecule has 6 nitrogen and oxygen atoms in total. The van der Waals surface area contributed by atoms with Gasteiger partial charge in [-0.05, 0) is 42.3 Å². The Morgan fingerprint density at radius 2 is 1.85 bits per heavy atom. The summed E-state index contributed by atoms with van der Waals surface area (Å²) < 4.78 is 13.1. The fourth-order valence-corrected chi connectivity index (χ4v) is 4.78. The number of nitrogens with zero attached hydrogens (tertiary/aromatic N) is 3. The van der Waals surface area contributed by atoms with Crippen molar-refractivity contribution in [2.45, 2.75) is 24.3 Å². The van der Waals surface area contributed by atoms with E-state index in [1.807, 2.05) is 30.0 Å². The number of rotatable bonds is 6. The van der Waals surface area contributed by atoms with Gasteiger partial charge in [0.05, 0.1) is 12.1 Å². The zero-order valence-electron chi connectivity index (χ0n) is 18.2. The lowest BCUT2D eigenvalue weighted by atomic mass is 10.1. The molecule has 172 valence electrons. The minimum absolute atomic E-state index is 0.0509. The molecule has 1 amide bonds. The van der Waals surface area contributed by atoms with Crippen molar-refractivity contribution < 1.29 is 9.18 Å². The van der Waals surface area contributed by atoms with Crippen LogP contribution >= 0.6 is 23.4 Å². The molecule has 4 rings (SSSR count). The SMILES string of the molecule is Cc1ccc(Cl)cc1N1CCN(C(=O)Cc2cc(=O)[nH]c(SCc3ccc(F)cc3)n2)CC1. The summed E-state index contributed by atoms with van der Waals surface area (Å²) in [6.07, 6.45) is 0.0736. The number of hydrogen-bond acceptors (Lipinski definition) is 5. The van der Waals surface area contributed by atoms with Gasteiger partial charge in [-0.2, -0.15) is 0 Å². The minimum Gasteiger partial charge on any atom is -0.368 e. The minimum atomic E-state index is -0.296. The molecule has 0 atom stereocenters. The second-order valence-electron chi connectivity index (χ2n) is 7.93. The van der Waals surface area contributed by atoms with E-state index in [-0.39, 0.29) is 23.7 Å². The second-order valence-corrected chi connectivity index (χ2v) is 9.33. The van der Waals surface area contributed by atoms with Crippen molar-refractivity contribution in [3.63, 3.8) is 0 Å². The third kappa shape index (κ3) is 6.15. The number of aryl methyl sites for hydroxylation is 1. The van der Waals surface area contributed by atoms with E-state index in [2.05, 4.69) is 14.9 Å². The van der Waals surface area contributed by atoms with E-state index >= 15 is 0 Å². The molecular weight excluding hydrogens is 463 g/mol. The van der Waals surface area contributed by atoms with E-state index in [0.29, 0.717) is 47.8 Å². The van der Waals surface area contributed by atoms with Crippen molar-refractivity contribution in [3.8, 4) is 0 Å². The number of thioether (sulfide) groups is 1. The van der Waals surface area contributed by atoms with E-state index in [4.69, 9.17) is 11.6 Å². The highest BCUT2D eigenvalue weighted by Gasteiger charge is 2.23. The Labute approximate surface area is 200 Å². The number of aromatic nitrogens is 2. The molecule has 33 heavy (non-hydrogen) atoms. The van der Waals surface area contributed by atoms with Gasteiger partial charge in [-0.25, -0.2) is 9.37 Å². The molecule has 0 saturated carbocycles. The van der Waals surface area contributed by atoms with Crippen molar-refractivity contribution in [2.24, 2.45) is 0 Å². The highest BCUT2D eigenvalue weighted by molar-refractivity contribution is 7.98. The molecule has 0 bridgehead atoms. The lowest BCUT2D eigenvalue weighted by molar-refractivity contribution is -0.130. The maximum atomic E-state index is 13.1. The van der Waals surface area contributed by atoms with Gasteiger partial charge in [0.25, 0.3) is 5.56 Å². The Bertz CT molecular complexity index is 1190. The molecule has 0 unspecified atom stereocenters. The molecule has 0 aliphatic carbocycles. The fourth-order valence-electron chi connectivity index (χ4n) is 3.76. The van der Waals surface area contributed by atoms with Crippen LogP contribution in [0.2, 0.25) is 5.02 Å². The van der Waals surface area contributed by atoms with Crippen molar-refractivity contribution in [1.82, 2.24) is 14.9 Å². The monoisotopic (exact) mass is 486 g/mol. The van der Waals surface area contributed by atoms with Gasteiger partial charge in [-0.15, -0.1) is 0 Å². The van der Waals surface area contributed by atoms with Crippen molar-refractivity contribution in [2.75, 3.05) is 31.1 Å². The first-order valence-electron chi connectivity index (χ1n) is 10.6. The van der Waals surface area contributed by atoms with Crippen LogP contribution in [0.25, 0.3) is 0 Å². The summed E-state index contributed by atoms with van der Waals surface area (Å²) in [6, 6.07) is 13.4. The number of halogens is 2. The molecular formula is C24H24ClFN4O2S. The van der Waals surface area contributed by atoms with E-state index < -0.39 is 0 Å². The number of aromatic amines is 1. The lowest BCUT2D eigenvalue weighted by Gasteiger charge is -2.37. The first-order chi connectivity index (χ1) is 15.9. The van der Waals surface area contributed by atoms with Crippen molar-refractivity contribution >= 4 is 35.0 Å². The Balaban J connectivity index is 1.35.